The third-order valence-electron chi connectivity index (χ3n) is 4.41. The summed E-state index contributed by atoms with van der Waals surface area (Å²) < 4.78 is 0. The van der Waals surface area contributed by atoms with Crippen LogP contribution in [0.5, 0.6) is 0 Å². The zero-order chi connectivity index (χ0) is 12.1. The molecule has 0 heterocycles. The molecule has 94 valence electrons. The van der Waals surface area contributed by atoms with Crippen molar-refractivity contribution >= 4 is 6.21 Å². The van der Waals surface area contributed by atoms with Crippen molar-refractivity contribution in [1.29, 1.82) is 0 Å². The summed E-state index contributed by atoms with van der Waals surface area (Å²) in [5.41, 5.74) is 1.73. The van der Waals surface area contributed by atoms with Crippen LogP contribution in [0.1, 0.15) is 51.9 Å². The van der Waals surface area contributed by atoms with Gasteiger partial charge in [0.1, 0.15) is 0 Å². The van der Waals surface area contributed by atoms with Crippen LogP contribution < -0.4 is 0 Å². The van der Waals surface area contributed by atoms with Gasteiger partial charge in [0.25, 0.3) is 0 Å². The van der Waals surface area contributed by atoms with E-state index in [2.05, 4.69) is 23.7 Å². The number of hydrogen-bond acceptors (Lipinski definition) is 1. The minimum absolute atomic E-state index is 0.563. The molecule has 0 spiro atoms. The van der Waals surface area contributed by atoms with Crippen LogP contribution in [0.3, 0.4) is 0 Å². The molecule has 0 bridgehead atoms. The van der Waals surface area contributed by atoms with Crippen LogP contribution in [-0.2, 0) is 0 Å². The fourth-order valence-corrected chi connectivity index (χ4v) is 3.28. The zero-order valence-electron chi connectivity index (χ0n) is 11.1. The van der Waals surface area contributed by atoms with Crippen molar-refractivity contribution in [2.75, 3.05) is 0 Å². The molecule has 2 rings (SSSR count). The molecular formula is C16H25N. The normalized spacial score (nSPS) is 34.6. The lowest BCUT2D eigenvalue weighted by Crippen LogP contribution is -2.18. The summed E-state index contributed by atoms with van der Waals surface area (Å²) in [5.74, 6) is 1.66. The molecule has 1 nitrogen and oxygen atoms in total. The highest BCUT2D eigenvalue weighted by Gasteiger charge is 2.24. The lowest BCUT2D eigenvalue weighted by molar-refractivity contribution is 0.333. The van der Waals surface area contributed by atoms with E-state index in [-0.39, 0.29) is 0 Å². The monoisotopic (exact) mass is 231 g/mol. The van der Waals surface area contributed by atoms with E-state index < -0.39 is 0 Å². The van der Waals surface area contributed by atoms with E-state index in [4.69, 9.17) is 0 Å². The van der Waals surface area contributed by atoms with E-state index in [0.29, 0.717) is 6.04 Å². The highest BCUT2D eigenvalue weighted by molar-refractivity contribution is 5.53. The fourth-order valence-electron chi connectivity index (χ4n) is 3.28. The van der Waals surface area contributed by atoms with Crippen molar-refractivity contribution in [2.45, 2.75) is 57.9 Å². The maximum atomic E-state index is 4.51. The first-order chi connectivity index (χ1) is 8.33. The fraction of sp³-hybridized carbons (Fsp3) is 0.688. The molecule has 1 atom stereocenters. The van der Waals surface area contributed by atoms with Crippen LogP contribution in [0, 0.1) is 11.8 Å². The smallest absolute Gasteiger partial charge is 0.0533 e. The number of hydrogen-bond donors (Lipinski definition) is 0. The molecule has 0 amide bonds. The molecule has 1 fully saturated rings. The molecule has 0 N–H and O–H groups in total. The summed E-state index contributed by atoms with van der Waals surface area (Å²) in [5, 5.41) is 0. The molecule has 1 heteroatoms. The first kappa shape index (κ1) is 12.6. The Morgan fingerprint density at radius 1 is 1.24 bits per heavy atom. The van der Waals surface area contributed by atoms with Crippen LogP contribution in [0.4, 0.5) is 0 Å². The average molecular weight is 231 g/mol. The quantitative estimate of drug-likeness (QED) is 0.499. The first-order valence-electron chi connectivity index (χ1n) is 7.12. The van der Waals surface area contributed by atoms with Crippen LogP contribution in [0.25, 0.3) is 0 Å². The molecular weight excluding hydrogens is 206 g/mol. The first-order valence-corrected chi connectivity index (χ1v) is 7.12. The van der Waals surface area contributed by atoms with Gasteiger partial charge in [0.2, 0.25) is 0 Å². The topological polar surface area (TPSA) is 12.4 Å². The Hall–Kier alpha value is -0.850. The Morgan fingerprint density at radius 3 is 2.53 bits per heavy atom. The van der Waals surface area contributed by atoms with Crippen LogP contribution >= 0.6 is 0 Å². The molecule has 1 unspecified atom stereocenters. The van der Waals surface area contributed by atoms with E-state index in [1.54, 1.807) is 5.57 Å². The second-order valence-electron chi connectivity index (χ2n) is 5.46. The van der Waals surface area contributed by atoms with Crippen LogP contribution in [0.2, 0.25) is 0 Å². The van der Waals surface area contributed by atoms with Gasteiger partial charge in [-0.05, 0) is 69.9 Å². The predicted molar refractivity (Wildman–Crippen MR) is 75.5 cm³/mol. The summed E-state index contributed by atoms with van der Waals surface area (Å²) in [4.78, 5) is 4.51. The Balaban J connectivity index is 1.86. The Morgan fingerprint density at radius 2 is 2.00 bits per heavy atom. The lowest BCUT2D eigenvalue weighted by atomic mass is 9.75. The molecule has 1 saturated carbocycles. The summed E-state index contributed by atoms with van der Waals surface area (Å²) >= 11 is 0. The van der Waals surface area contributed by atoms with Crippen LogP contribution in [-0.4, -0.2) is 12.3 Å². The molecule has 2 aliphatic rings. The van der Waals surface area contributed by atoms with Crippen molar-refractivity contribution < 1.29 is 0 Å². The highest BCUT2D eigenvalue weighted by Crippen LogP contribution is 2.37. The summed E-state index contributed by atoms with van der Waals surface area (Å²) in [6.45, 7) is 5.95. The summed E-state index contributed by atoms with van der Waals surface area (Å²) in [6, 6.07) is 0.563. The number of aliphatic imine (C=N–C) groups is 1. The van der Waals surface area contributed by atoms with E-state index in [9.17, 15) is 0 Å². The van der Waals surface area contributed by atoms with Crippen molar-refractivity contribution in [1.82, 2.24) is 0 Å². The minimum atomic E-state index is 0.563. The molecule has 0 aromatic rings. The molecule has 17 heavy (non-hydrogen) atoms. The van der Waals surface area contributed by atoms with E-state index in [0.717, 1.165) is 11.8 Å². The van der Waals surface area contributed by atoms with Gasteiger partial charge in [-0.15, -0.1) is 6.58 Å². The maximum Gasteiger partial charge on any atom is 0.0533 e. The van der Waals surface area contributed by atoms with Gasteiger partial charge in [-0.1, -0.05) is 17.7 Å². The van der Waals surface area contributed by atoms with Gasteiger partial charge in [-0.2, -0.15) is 0 Å². The number of allylic oxidation sites excluding steroid dienone is 2. The molecule has 0 aromatic heterocycles. The Kier molecular flexibility index (Phi) is 4.58. The van der Waals surface area contributed by atoms with Gasteiger partial charge in [-0.3, -0.25) is 4.99 Å². The van der Waals surface area contributed by atoms with Gasteiger partial charge >= 0.3 is 0 Å². The Labute approximate surface area is 106 Å². The standard InChI is InChI=1S/C16H25N/c1-3-13-5-7-14(8-6-13)15-9-11-16(12-10-15)17-4-2/h3-4,9,13-14,16H,1,5-8,10-12H2,2H3. The second kappa shape index (κ2) is 6.18. The molecule has 0 saturated heterocycles. The van der Waals surface area contributed by atoms with Gasteiger partial charge in [0, 0.05) is 0 Å². The largest absolute Gasteiger partial charge is 0.294 e. The van der Waals surface area contributed by atoms with Gasteiger partial charge in [0.15, 0.2) is 0 Å². The maximum absolute atomic E-state index is 4.51. The van der Waals surface area contributed by atoms with Crippen molar-refractivity contribution in [3.05, 3.63) is 24.3 Å². The number of rotatable bonds is 3. The van der Waals surface area contributed by atoms with Gasteiger partial charge < -0.3 is 0 Å². The van der Waals surface area contributed by atoms with E-state index in [1.165, 1.54) is 44.9 Å². The van der Waals surface area contributed by atoms with E-state index >= 15 is 0 Å². The Bertz CT molecular complexity index is 305. The number of nitrogens with zero attached hydrogens (tertiary/aromatic N) is 1. The van der Waals surface area contributed by atoms with Crippen molar-refractivity contribution in [2.24, 2.45) is 16.8 Å². The molecule has 0 radical (unpaired) electrons. The lowest BCUT2D eigenvalue weighted by Gasteiger charge is -2.31. The summed E-state index contributed by atoms with van der Waals surface area (Å²) in [6.07, 6.45) is 15.8. The predicted octanol–water partition coefficient (Wildman–Crippen LogP) is 4.55. The van der Waals surface area contributed by atoms with Crippen molar-refractivity contribution in [3.8, 4) is 0 Å². The highest BCUT2D eigenvalue weighted by atomic mass is 14.8. The van der Waals surface area contributed by atoms with E-state index in [1.807, 2.05) is 13.1 Å². The SMILES string of the molecule is C=CC1CCC(C2=CCC(N=CC)CC2)CC1. The molecule has 2 aliphatic carbocycles. The minimum Gasteiger partial charge on any atom is -0.294 e. The van der Waals surface area contributed by atoms with Gasteiger partial charge in [0.05, 0.1) is 6.04 Å². The molecule has 0 aliphatic heterocycles. The second-order valence-corrected chi connectivity index (χ2v) is 5.46. The zero-order valence-corrected chi connectivity index (χ0v) is 11.1. The third-order valence-corrected chi connectivity index (χ3v) is 4.41. The van der Waals surface area contributed by atoms with Crippen LogP contribution in [0.15, 0.2) is 29.3 Å². The average Bonchev–Trinajstić information content (AvgIpc) is 2.40. The molecule has 0 aromatic carbocycles. The third kappa shape index (κ3) is 3.31. The summed E-state index contributed by atoms with van der Waals surface area (Å²) in [7, 11) is 0. The van der Waals surface area contributed by atoms with Crippen molar-refractivity contribution in [3.63, 3.8) is 0 Å². The van der Waals surface area contributed by atoms with Gasteiger partial charge in [-0.25, -0.2) is 0 Å².